The standard InChI is InChI=1S/C54H46S2/c1-3-5-7-11-21-43-23-27-45(28-24-43)33-37-49-51-39-47(35-31-41-17-13-9-14-18-41)56-54(51)50(38-34-46-29-25-44(26-30-46)22-12-8-6-4-2)52-40-48(55-53(49)52)36-32-42-19-15-10-16-20-42/h9-10,13-20,23-30,39-40H,3-8,11-12,21-22H2,1-2H3. The van der Waals surface area contributed by atoms with Crippen LogP contribution in [-0.2, 0) is 12.8 Å². The maximum Gasteiger partial charge on any atom is 0.0785 e. The van der Waals surface area contributed by atoms with Gasteiger partial charge in [-0.2, -0.15) is 0 Å². The molecule has 0 saturated carbocycles. The number of aryl methyl sites for hydroxylation is 2. The molecule has 0 saturated heterocycles. The number of fused-ring (bicyclic) bond motifs is 2. The maximum absolute atomic E-state index is 3.65. The molecule has 0 amide bonds. The number of rotatable bonds is 10. The van der Waals surface area contributed by atoms with Gasteiger partial charge in [0.2, 0.25) is 0 Å². The second kappa shape index (κ2) is 19.7. The molecule has 0 unspecified atom stereocenters. The molecule has 0 atom stereocenters. The number of hydrogen-bond acceptors (Lipinski definition) is 2. The molecule has 2 aromatic heterocycles. The van der Waals surface area contributed by atoms with Crippen LogP contribution in [0.15, 0.2) is 121 Å². The van der Waals surface area contributed by atoms with Crippen molar-refractivity contribution in [3.05, 3.63) is 176 Å². The Balaban J connectivity index is 1.33. The zero-order valence-electron chi connectivity index (χ0n) is 32.4. The highest BCUT2D eigenvalue weighted by atomic mass is 32.1. The van der Waals surface area contributed by atoms with Crippen LogP contribution in [-0.4, -0.2) is 0 Å². The van der Waals surface area contributed by atoms with Gasteiger partial charge in [-0.3, -0.25) is 0 Å². The molecule has 0 spiro atoms. The fraction of sp³-hybridized carbons (Fsp3) is 0.222. The number of unbranched alkanes of at least 4 members (excludes halogenated alkanes) is 6. The summed E-state index contributed by atoms with van der Waals surface area (Å²) in [6.07, 6.45) is 12.4. The van der Waals surface area contributed by atoms with E-state index in [0.717, 1.165) is 76.1 Å². The molecule has 0 nitrogen and oxygen atoms in total. The molecular formula is C54H46S2. The van der Waals surface area contributed by atoms with E-state index < -0.39 is 0 Å². The van der Waals surface area contributed by atoms with Crippen LogP contribution in [0, 0.1) is 47.4 Å². The van der Waals surface area contributed by atoms with Crippen LogP contribution in [0.1, 0.15) is 119 Å². The highest BCUT2D eigenvalue weighted by Gasteiger charge is 2.18. The lowest BCUT2D eigenvalue weighted by molar-refractivity contribution is 0.667. The SMILES string of the molecule is CCCCCCc1ccc(C#Cc2c3cc(C#Cc4ccccc4)sc3c(C#Cc3ccc(CCCCCC)cc3)c3cc(C#Cc4ccccc4)sc23)cc1. The van der Waals surface area contributed by atoms with Gasteiger partial charge in [-0.05, 0) is 97.5 Å². The van der Waals surface area contributed by atoms with Gasteiger partial charge in [-0.1, -0.05) is 160 Å². The van der Waals surface area contributed by atoms with E-state index in [0.29, 0.717) is 0 Å². The minimum absolute atomic E-state index is 0.996. The van der Waals surface area contributed by atoms with E-state index in [4.69, 9.17) is 0 Å². The van der Waals surface area contributed by atoms with Crippen LogP contribution in [0.4, 0.5) is 0 Å². The first-order valence-corrected chi connectivity index (χ1v) is 21.7. The van der Waals surface area contributed by atoms with E-state index >= 15 is 0 Å². The van der Waals surface area contributed by atoms with Crippen molar-refractivity contribution >= 4 is 42.8 Å². The quantitative estimate of drug-likeness (QED) is 0.0962. The molecule has 0 aliphatic rings. The van der Waals surface area contributed by atoms with Crippen molar-refractivity contribution in [2.75, 3.05) is 0 Å². The molecule has 0 aliphatic heterocycles. The van der Waals surface area contributed by atoms with Crippen LogP contribution in [0.5, 0.6) is 0 Å². The first-order valence-electron chi connectivity index (χ1n) is 20.1. The Hall–Kier alpha value is -5.74. The first kappa shape index (κ1) is 38.5. The largest absolute Gasteiger partial charge is 0.125 e. The number of benzene rings is 5. The van der Waals surface area contributed by atoms with E-state index in [1.165, 1.54) is 62.5 Å². The van der Waals surface area contributed by atoms with Gasteiger partial charge in [0.25, 0.3) is 0 Å². The zero-order valence-corrected chi connectivity index (χ0v) is 34.1. The molecule has 7 aromatic rings. The summed E-state index contributed by atoms with van der Waals surface area (Å²) >= 11 is 3.40. The predicted octanol–water partition coefficient (Wildman–Crippen LogP) is 14.0. The smallest absolute Gasteiger partial charge is 0.0785 e. The monoisotopic (exact) mass is 758 g/mol. The molecule has 7 rings (SSSR count). The van der Waals surface area contributed by atoms with E-state index in [2.05, 4.69) is 146 Å². The van der Waals surface area contributed by atoms with Gasteiger partial charge in [-0.15, -0.1) is 22.7 Å². The van der Waals surface area contributed by atoms with Gasteiger partial charge in [0.1, 0.15) is 0 Å². The van der Waals surface area contributed by atoms with E-state index in [1.54, 1.807) is 22.7 Å². The molecule has 0 radical (unpaired) electrons. The van der Waals surface area contributed by atoms with Crippen molar-refractivity contribution in [2.24, 2.45) is 0 Å². The van der Waals surface area contributed by atoms with Gasteiger partial charge < -0.3 is 0 Å². The van der Waals surface area contributed by atoms with E-state index in [1.807, 2.05) is 36.4 Å². The topological polar surface area (TPSA) is 0 Å². The third-order valence-corrected chi connectivity index (χ3v) is 12.0. The Morgan fingerprint density at radius 1 is 0.375 bits per heavy atom. The van der Waals surface area contributed by atoms with Crippen LogP contribution in [0.25, 0.3) is 20.2 Å². The highest BCUT2D eigenvalue weighted by molar-refractivity contribution is 7.21. The third-order valence-electron chi connectivity index (χ3n) is 9.87. The average molecular weight is 759 g/mol. The van der Waals surface area contributed by atoms with Crippen LogP contribution in [0.2, 0.25) is 0 Å². The molecule has 2 heteroatoms. The summed E-state index contributed by atoms with van der Waals surface area (Å²) in [4.78, 5) is 1.99. The summed E-state index contributed by atoms with van der Waals surface area (Å²) in [5.41, 5.74) is 8.80. The molecule has 0 bridgehead atoms. The Kier molecular flexibility index (Phi) is 13.6. The molecule has 56 heavy (non-hydrogen) atoms. The minimum atomic E-state index is 0.996. The maximum atomic E-state index is 3.65. The normalized spacial score (nSPS) is 10.5. The summed E-state index contributed by atoms with van der Waals surface area (Å²) in [5, 5.41) is 2.19. The van der Waals surface area contributed by atoms with Gasteiger partial charge in [-0.25, -0.2) is 0 Å². The molecule has 0 N–H and O–H groups in total. The van der Waals surface area contributed by atoms with E-state index in [9.17, 15) is 0 Å². The van der Waals surface area contributed by atoms with Gasteiger partial charge in [0, 0.05) is 33.0 Å². The molecule has 5 aromatic carbocycles. The van der Waals surface area contributed by atoms with Gasteiger partial charge in [0.05, 0.1) is 30.3 Å². The zero-order chi connectivity index (χ0) is 38.4. The van der Waals surface area contributed by atoms with Crippen LogP contribution in [0.3, 0.4) is 0 Å². The lowest BCUT2D eigenvalue weighted by Crippen LogP contribution is -1.87. The van der Waals surface area contributed by atoms with Crippen molar-refractivity contribution in [1.82, 2.24) is 0 Å². The number of thiophene rings is 2. The van der Waals surface area contributed by atoms with Crippen molar-refractivity contribution in [2.45, 2.75) is 78.1 Å². The molecule has 0 aliphatic carbocycles. The Bertz CT molecular complexity index is 2400. The van der Waals surface area contributed by atoms with Crippen LogP contribution < -0.4 is 0 Å². The lowest BCUT2D eigenvalue weighted by Gasteiger charge is -2.04. The molecule has 274 valence electrons. The summed E-state index contributed by atoms with van der Waals surface area (Å²) < 4.78 is 2.23. The summed E-state index contributed by atoms with van der Waals surface area (Å²) in [7, 11) is 0. The molecule has 2 heterocycles. The fourth-order valence-electron chi connectivity index (χ4n) is 6.74. The van der Waals surface area contributed by atoms with Crippen molar-refractivity contribution in [3.8, 4) is 47.4 Å². The highest BCUT2D eigenvalue weighted by Crippen LogP contribution is 2.41. The molecule has 0 fully saturated rings. The Morgan fingerprint density at radius 3 is 1.14 bits per heavy atom. The van der Waals surface area contributed by atoms with E-state index in [-0.39, 0.29) is 0 Å². The summed E-state index contributed by atoms with van der Waals surface area (Å²) in [6, 6.07) is 42.4. The van der Waals surface area contributed by atoms with Crippen molar-refractivity contribution in [3.63, 3.8) is 0 Å². The Morgan fingerprint density at radius 2 is 0.750 bits per heavy atom. The van der Waals surface area contributed by atoms with Gasteiger partial charge in [0.15, 0.2) is 0 Å². The first-order chi connectivity index (χ1) is 27.7. The van der Waals surface area contributed by atoms with Crippen molar-refractivity contribution in [1.29, 1.82) is 0 Å². The second-order valence-electron chi connectivity index (χ2n) is 14.2. The minimum Gasteiger partial charge on any atom is -0.125 e. The van der Waals surface area contributed by atoms with Gasteiger partial charge >= 0.3 is 0 Å². The number of hydrogen-bond donors (Lipinski definition) is 0. The average Bonchev–Trinajstić information content (AvgIpc) is 3.87. The summed E-state index contributed by atoms with van der Waals surface area (Å²) in [5.74, 6) is 28.1. The molecular weight excluding hydrogens is 713 g/mol. The summed E-state index contributed by atoms with van der Waals surface area (Å²) in [6.45, 7) is 4.52. The Labute approximate surface area is 342 Å². The fourth-order valence-corrected chi connectivity index (χ4v) is 8.81. The second-order valence-corrected chi connectivity index (χ2v) is 16.3. The third kappa shape index (κ3) is 10.3. The lowest BCUT2D eigenvalue weighted by atomic mass is 10.0. The predicted molar refractivity (Wildman–Crippen MR) is 243 cm³/mol. The van der Waals surface area contributed by atoms with Crippen LogP contribution >= 0.6 is 22.7 Å². The van der Waals surface area contributed by atoms with Crippen molar-refractivity contribution < 1.29 is 0 Å².